The summed E-state index contributed by atoms with van der Waals surface area (Å²) < 4.78 is 20.0. The highest BCUT2D eigenvalue weighted by molar-refractivity contribution is 5.86. The molecule has 0 bridgehead atoms. The van der Waals surface area contributed by atoms with E-state index in [-0.39, 0.29) is 12.4 Å². The standard InChI is InChI=1S/C20H25FN4O2/c1-14-8-9-16(24-23-14)25(18(26)27-19(2,3)4)13-20(10-6-11-20)17-15(21)7-5-12-22-17/h5,7-9,12H,6,10-11,13H2,1-4H3. The molecular formula is C20H25FN4O2. The third-order valence-corrected chi connectivity index (χ3v) is 4.71. The van der Waals surface area contributed by atoms with Crippen molar-refractivity contribution in [1.82, 2.24) is 15.2 Å². The van der Waals surface area contributed by atoms with Crippen molar-refractivity contribution >= 4 is 11.9 Å². The van der Waals surface area contributed by atoms with Gasteiger partial charge in [-0.3, -0.25) is 9.88 Å². The quantitative estimate of drug-likeness (QED) is 0.805. The first-order valence-electron chi connectivity index (χ1n) is 9.12. The Morgan fingerprint density at radius 2 is 2.00 bits per heavy atom. The van der Waals surface area contributed by atoms with Gasteiger partial charge in [-0.15, -0.1) is 5.10 Å². The molecule has 2 heterocycles. The summed E-state index contributed by atoms with van der Waals surface area (Å²) in [7, 11) is 0. The van der Waals surface area contributed by atoms with Crippen molar-refractivity contribution in [2.45, 2.75) is 58.0 Å². The number of aromatic nitrogens is 3. The summed E-state index contributed by atoms with van der Waals surface area (Å²) in [6, 6.07) is 6.50. The molecule has 27 heavy (non-hydrogen) atoms. The van der Waals surface area contributed by atoms with Crippen LogP contribution in [0.1, 0.15) is 51.4 Å². The lowest BCUT2D eigenvalue weighted by Crippen LogP contribution is -2.50. The highest BCUT2D eigenvalue weighted by atomic mass is 19.1. The molecule has 0 atom stereocenters. The molecule has 0 saturated heterocycles. The van der Waals surface area contributed by atoms with E-state index in [1.54, 1.807) is 45.2 Å². The molecule has 0 N–H and O–H groups in total. The van der Waals surface area contributed by atoms with Crippen molar-refractivity contribution in [3.05, 3.63) is 47.7 Å². The van der Waals surface area contributed by atoms with E-state index in [0.29, 0.717) is 11.5 Å². The lowest BCUT2D eigenvalue weighted by atomic mass is 9.66. The minimum absolute atomic E-state index is 0.244. The lowest BCUT2D eigenvalue weighted by molar-refractivity contribution is 0.0557. The van der Waals surface area contributed by atoms with Gasteiger partial charge in [0.05, 0.1) is 11.4 Å². The molecule has 0 aromatic carbocycles. The van der Waals surface area contributed by atoms with E-state index in [1.807, 2.05) is 6.92 Å². The number of ether oxygens (including phenoxy) is 1. The Morgan fingerprint density at radius 3 is 2.52 bits per heavy atom. The minimum Gasteiger partial charge on any atom is -0.443 e. The largest absolute Gasteiger partial charge is 0.443 e. The molecule has 1 saturated carbocycles. The molecule has 1 amide bonds. The average molecular weight is 372 g/mol. The third kappa shape index (κ3) is 4.23. The molecule has 3 rings (SSSR count). The van der Waals surface area contributed by atoms with Crippen LogP contribution in [-0.4, -0.2) is 33.4 Å². The Hall–Kier alpha value is -2.57. The monoisotopic (exact) mass is 372 g/mol. The first-order chi connectivity index (χ1) is 12.7. The smallest absolute Gasteiger partial charge is 0.416 e. The van der Waals surface area contributed by atoms with Crippen LogP contribution in [0.2, 0.25) is 0 Å². The van der Waals surface area contributed by atoms with Gasteiger partial charge in [-0.2, -0.15) is 5.10 Å². The minimum atomic E-state index is -0.656. The van der Waals surface area contributed by atoms with Crippen LogP contribution in [0, 0.1) is 12.7 Å². The van der Waals surface area contributed by atoms with Crippen molar-refractivity contribution in [2.24, 2.45) is 0 Å². The number of halogens is 1. The number of pyridine rings is 1. The summed E-state index contributed by atoms with van der Waals surface area (Å²) in [6.45, 7) is 7.49. The maximum absolute atomic E-state index is 14.5. The van der Waals surface area contributed by atoms with Gasteiger partial charge < -0.3 is 4.74 Å². The van der Waals surface area contributed by atoms with Crippen LogP contribution in [0.4, 0.5) is 15.0 Å². The summed E-state index contributed by atoms with van der Waals surface area (Å²) >= 11 is 0. The topological polar surface area (TPSA) is 68.2 Å². The molecule has 0 aliphatic heterocycles. The second-order valence-corrected chi connectivity index (χ2v) is 8.07. The molecule has 6 nitrogen and oxygen atoms in total. The summed E-state index contributed by atoms with van der Waals surface area (Å²) in [4.78, 5) is 18.6. The van der Waals surface area contributed by atoms with Gasteiger partial charge in [0.25, 0.3) is 0 Å². The predicted molar refractivity (Wildman–Crippen MR) is 100 cm³/mol. The maximum Gasteiger partial charge on any atom is 0.416 e. The number of carbonyl (C=O) groups excluding carboxylic acids is 1. The second-order valence-electron chi connectivity index (χ2n) is 8.07. The Bertz CT molecular complexity index is 813. The van der Waals surface area contributed by atoms with Gasteiger partial charge in [-0.25, -0.2) is 9.18 Å². The zero-order valence-corrected chi connectivity index (χ0v) is 16.2. The molecule has 1 aliphatic carbocycles. The van der Waals surface area contributed by atoms with E-state index in [4.69, 9.17) is 4.74 Å². The van der Waals surface area contributed by atoms with E-state index < -0.39 is 17.1 Å². The highest BCUT2D eigenvalue weighted by Crippen LogP contribution is 2.45. The number of hydrogen-bond acceptors (Lipinski definition) is 5. The fourth-order valence-electron chi connectivity index (χ4n) is 3.24. The van der Waals surface area contributed by atoms with Gasteiger partial charge in [-0.05, 0) is 64.8 Å². The summed E-state index contributed by atoms with van der Waals surface area (Å²) in [5.41, 5.74) is -0.0624. The van der Waals surface area contributed by atoms with Crippen LogP contribution in [0.3, 0.4) is 0 Å². The third-order valence-electron chi connectivity index (χ3n) is 4.71. The molecule has 144 valence electrons. The van der Waals surface area contributed by atoms with Gasteiger partial charge in [0.1, 0.15) is 11.4 Å². The predicted octanol–water partition coefficient (Wildman–Crippen LogP) is 4.18. The Kier molecular flexibility index (Phi) is 5.13. The fraction of sp³-hybridized carbons (Fsp3) is 0.500. The molecule has 1 fully saturated rings. The van der Waals surface area contributed by atoms with Gasteiger partial charge in [0.15, 0.2) is 5.82 Å². The lowest BCUT2D eigenvalue weighted by Gasteiger charge is -2.44. The Labute approximate surface area is 158 Å². The molecule has 0 radical (unpaired) electrons. The molecule has 2 aromatic rings. The van der Waals surface area contributed by atoms with Crippen LogP contribution in [-0.2, 0) is 10.2 Å². The zero-order chi connectivity index (χ0) is 19.7. The number of anilines is 1. The van der Waals surface area contributed by atoms with Crippen LogP contribution >= 0.6 is 0 Å². The molecule has 1 aliphatic rings. The number of amides is 1. The second kappa shape index (κ2) is 7.21. The van der Waals surface area contributed by atoms with Crippen LogP contribution in [0.25, 0.3) is 0 Å². The average Bonchev–Trinajstić information content (AvgIpc) is 2.55. The number of nitrogens with zero attached hydrogens (tertiary/aromatic N) is 4. The maximum atomic E-state index is 14.5. The summed E-state index contributed by atoms with van der Waals surface area (Å²) in [6.07, 6.45) is 3.52. The van der Waals surface area contributed by atoms with Gasteiger partial charge in [0.2, 0.25) is 0 Å². The van der Waals surface area contributed by atoms with Crippen LogP contribution < -0.4 is 4.90 Å². The van der Waals surface area contributed by atoms with E-state index >= 15 is 0 Å². The van der Waals surface area contributed by atoms with Crippen LogP contribution in [0.15, 0.2) is 30.5 Å². The van der Waals surface area contributed by atoms with Crippen molar-refractivity contribution in [2.75, 3.05) is 11.4 Å². The molecule has 0 spiro atoms. The van der Waals surface area contributed by atoms with Crippen molar-refractivity contribution in [1.29, 1.82) is 0 Å². The van der Waals surface area contributed by atoms with Gasteiger partial charge >= 0.3 is 6.09 Å². The number of aryl methyl sites for hydroxylation is 1. The van der Waals surface area contributed by atoms with Crippen molar-refractivity contribution < 1.29 is 13.9 Å². The molecule has 7 heteroatoms. The SMILES string of the molecule is Cc1ccc(N(CC2(c3ncccc3F)CCC2)C(=O)OC(C)(C)C)nn1. The Balaban J connectivity index is 1.96. The highest BCUT2D eigenvalue weighted by Gasteiger charge is 2.45. The van der Waals surface area contributed by atoms with Crippen molar-refractivity contribution in [3.63, 3.8) is 0 Å². The van der Waals surface area contributed by atoms with E-state index in [9.17, 15) is 9.18 Å². The Morgan fingerprint density at radius 1 is 1.26 bits per heavy atom. The molecule has 2 aromatic heterocycles. The van der Waals surface area contributed by atoms with Crippen LogP contribution in [0.5, 0.6) is 0 Å². The number of hydrogen-bond donors (Lipinski definition) is 0. The molecule has 0 unspecified atom stereocenters. The number of rotatable bonds is 4. The normalized spacial score (nSPS) is 15.7. The fourth-order valence-corrected chi connectivity index (χ4v) is 3.24. The van der Waals surface area contributed by atoms with Gasteiger partial charge in [-0.1, -0.05) is 6.42 Å². The first-order valence-corrected chi connectivity index (χ1v) is 9.12. The van der Waals surface area contributed by atoms with E-state index in [1.165, 1.54) is 11.0 Å². The number of carbonyl (C=O) groups is 1. The summed E-state index contributed by atoms with van der Waals surface area (Å²) in [5, 5.41) is 8.20. The zero-order valence-electron chi connectivity index (χ0n) is 16.2. The van der Waals surface area contributed by atoms with E-state index in [2.05, 4.69) is 15.2 Å². The van der Waals surface area contributed by atoms with Crippen molar-refractivity contribution in [3.8, 4) is 0 Å². The molecular weight excluding hydrogens is 347 g/mol. The van der Waals surface area contributed by atoms with E-state index in [0.717, 1.165) is 25.0 Å². The van der Waals surface area contributed by atoms with Gasteiger partial charge in [0, 0.05) is 18.2 Å². The first kappa shape index (κ1) is 19.2. The summed E-state index contributed by atoms with van der Waals surface area (Å²) in [5.74, 6) is 0.0359.